The summed E-state index contributed by atoms with van der Waals surface area (Å²) >= 11 is 0. The van der Waals surface area contributed by atoms with Crippen LogP contribution in [0.3, 0.4) is 0 Å². The van der Waals surface area contributed by atoms with Crippen molar-refractivity contribution in [2.45, 2.75) is 71.3 Å². The van der Waals surface area contributed by atoms with Gasteiger partial charge in [0.05, 0.1) is 0 Å². The highest BCUT2D eigenvalue weighted by atomic mass is 14.9. The SMILES string of the molecule is C=c1c2c(ccc1=CCCCC)C(C)(C)c1cc(C(C)(CC)NC)ccc1-2. The van der Waals surface area contributed by atoms with Crippen LogP contribution < -0.4 is 15.8 Å². The summed E-state index contributed by atoms with van der Waals surface area (Å²) in [5, 5.41) is 6.00. The highest BCUT2D eigenvalue weighted by Crippen LogP contribution is 2.47. The fourth-order valence-corrected chi connectivity index (χ4v) is 4.44. The number of hydrogen-bond acceptors (Lipinski definition) is 1. The van der Waals surface area contributed by atoms with Crippen LogP contribution in [0.15, 0.2) is 30.3 Å². The van der Waals surface area contributed by atoms with Crippen molar-refractivity contribution in [1.29, 1.82) is 0 Å². The number of benzene rings is 2. The van der Waals surface area contributed by atoms with Crippen molar-refractivity contribution in [2.75, 3.05) is 7.05 Å². The highest BCUT2D eigenvalue weighted by Gasteiger charge is 2.37. The average Bonchev–Trinajstić information content (AvgIpc) is 2.90. The molecule has 1 heteroatoms. The zero-order valence-corrected chi connectivity index (χ0v) is 18.0. The van der Waals surface area contributed by atoms with E-state index in [4.69, 9.17) is 0 Å². The van der Waals surface area contributed by atoms with E-state index >= 15 is 0 Å². The van der Waals surface area contributed by atoms with Gasteiger partial charge >= 0.3 is 0 Å². The molecule has 1 unspecified atom stereocenters. The second kappa shape index (κ2) is 7.28. The lowest BCUT2D eigenvalue weighted by molar-refractivity contribution is 0.385. The van der Waals surface area contributed by atoms with Crippen LogP contribution in [0.5, 0.6) is 0 Å². The molecule has 144 valence electrons. The standard InChI is InChI=1S/C26H35N/c1-8-10-11-12-19-13-16-22-24(18(19)3)21-15-14-20(26(6,9-2)27-7)17-23(21)25(22,4)5/h12-17,27H,3,8-11H2,1-2,4-7H3. The monoisotopic (exact) mass is 361 g/mol. The molecule has 0 radical (unpaired) electrons. The van der Waals surface area contributed by atoms with E-state index in [9.17, 15) is 0 Å². The molecule has 0 bridgehead atoms. The van der Waals surface area contributed by atoms with Gasteiger partial charge in [0.25, 0.3) is 0 Å². The summed E-state index contributed by atoms with van der Waals surface area (Å²) in [7, 11) is 2.06. The molecule has 3 rings (SSSR count). The second-order valence-corrected chi connectivity index (χ2v) is 8.72. The summed E-state index contributed by atoms with van der Waals surface area (Å²) in [5.41, 5.74) is 6.95. The predicted molar refractivity (Wildman–Crippen MR) is 119 cm³/mol. The summed E-state index contributed by atoms with van der Waals surface area (Å²) in [5.74, 6) is 0. The van der Waals surface area contributed by atoms with Gasteiger partial charge in [0.2, 0.25) is 0 Å². The molecule has 27 heavy (non-hydrogen) atoms. The Hall–Kier alpha value is -1.86. The zero-order chi connectivity index (χ0) is 19.8. The predicted octanol–water partition coefficient (Wildman–Crippen LogP) is 5.22. The van der Waals surface area contributed by atoms with Crippen LogP contribution in [-0.4, -0.2) is 7.05 Å². The van der Waals surface area contributed by atoms with Gasteiger partial charge in [-0.25, -0.2) is 0 Å². The van der Waals surface area contributed by atoms with Gasteiger partial charge in [-0.05, 0) is 65.1 Å². The molecule has 0 amide bonds. The largest absolute Gasteiger partial charge is 0.311 e. The fourth-order valence-electron chi connectivity index (χ4n) is 4.44. The van der Waals surface area contributed by atoms with Crippen LogP contribution in [0.4, 0.5) is 0 Å². The van der Waals surface area contributed by atoms with Crippen LogP contribution in [0.1, 0.15) is 77.0 Å². The first-order valence-corrected chi connectivity index (χ1v) is 10.5. The van der Waals surface area contributed by atoms with E-state index < -0.39 is 0 Å². The molecule has 1 aliphatic rings. The molecule has 2 aromatic rings. The molecular formula is C26H35N. The van der Waals surface area contributed by atoms with Crippen LogP contribution in [0, 0.1) is 0 Å². The minimum absolute atomic E-state index is 0.00622. The van der Waals surface area contributed by atoms with Gasteiger partial charge in [-0.3, -0.25) is 0 Å². The zero-order valence-electron chi connectivity index (χ0n) is 18.0. The number of fused-ring (bicyclic) bond motifs is 3. The topological polar surface area (TPSA) is 12.0 Å². The first kappa shape index (κ1) is 19.9. The Kier molecular flexibility index (Phi) is 5.36. The lowest BCUT2D eigenvalue weighted by Gasteiger charge is -2.30. The summed E-state index contributed by atoms with van der Waals surface area (Å²) in [6, 6.07) is 11.7. The van der Waals surface area contributed by atoms with Crippen molar-refractivity contribution < 1.29 is 0 Å². The van der Waals surface area contributed by atoms with Gasteiger partial charge in [0.15, 0.2) is 0 Å². The summed E-state index contributed by atoms with van der Waals surface area (Å²) < 4.78 is 0. The number of unbranched alkanes of at least 4 members (excludes halogenated alkanes) is 2. The minimum Gasteiger partial charge on any atom is -0.311 e. The Balaban J connectivity index is 2.20. The molecule has 1 nitrogen and oxygen atoms in total. The van der Waals surface area contributed by atoms with E-state index in [1.807, 2.05) is 0 Å². The normalized spacial score (nSPS) is 17.5. The Morgan fingerprint density at radius 3 is 2.48 bits per heavy atom. The highest BCUT2D eigenvalue weighted by molar-refractivity contribution is 5.81. The second-order valence-electron chi connectivity index (χ2n) is 8.72. The first-order valence-electron chi connectivity index (χ1n) is 10.5. The van der Waals surface area contributed by atoms with Crippen molar-refractivity contribution in [1.82, 2.24) is 5.32 Å². The van der Waals surface area contributed by atoms with Gasteiger partial charge in [0.1, 0.15) is 0 Å². The Morgan fingerprint density at radius 2 is 1.85 bits per heavy atom. The molecule has 0 fully saturated rings. The van der Waals surface area contributed by atoms with Gasteiger partial charge in [0, 0.05) is 11.0 Å². The smallest absolute Gasteiger partial charge is 0.0401 e. The van der Waals surface area contributed by atoms with Crippen molar-refractivity contribution >= 4 is 12.7 Å². The van der Waals surface area contributed by atoms with E-state index in [1.54, 1.807) is 0 Å². The Bertz CT molecular complexity index is 945. The van der Waals surface area contributed by atoms with E-state index in [0.29, 0.717) is 0 Å². The van der Waals surface area contributed by atoms with Crippen LogP contribution in [0.25, 0.3) is 23.8 Å². The third-order valence-electron chi connectivity index (χ3n) is 6.80. The molecule has 0 aliphatic heterocycles. The molecule has 1 aliphatic carbocycles. The third-order valence-corrected chi connectivity index (χ3v) is 6.80. The third kappa shape index (κ3) is 3.17. The molecular weight excluding hydrogens is 326 g/mol. The maximum atomic E-state index is 4.50. The van der Waals surface area contributed by atoms with Gasteiger partial charge < -0.3 is 5.32 Å². The van der Waals surface area contributed by atoms with Gasteiger partial charge in [-0.1, -0.05) is 83.5 Å². The molecule has 1 N–H and O–H groups in total. The molecule has 0 saturated heterocycles. The quantitative estimate of drug-likeness (QED) is 0.696. The van der Waals surface area contributed by atoms with Crippen molar-refractivity contribution in [3.05, 3.63) is 57.5 Å². The molecule has 0 aromatic heterocycles. The van der Waals surface area contributed by atoms with E-state index in [0.717, 1.165) is 12.8 Å². The van der Waals surface area contributed by atoms with Crippen molar-refractivity contribution in [2.24, 2.45) is 0 Å². The number of hydrogen-bond donors (Lipinski definition) is 1. The van der Waals surface area contributed by atoms with Crippen molar-refractivity contribution in [3.8, 4) is 11.1 Å². The Morgan fingerprint density at radius 1 is 1.11 bits per heavy atom. The van der Waals surface area contributed by atoms with Crippen molar-refractivity contribution in [3.63, 3.8) is 0 Å². The van der Waals surface area contributed by atoms with E-state index in [2.05, 4.69) is 90.0 Å². The van der Waals surface area contributed by atoms with Gasteiger partial charge in [-0.2, -0.15) is 0 Å². The average molecular weight is 362 g/mol. The molecule has 0 saturated carbocycles. The molecule has 1 atom stereocenters. The molecule has 0 heterocycles. The Labute approximate surface area is 165 Å². The maximum absolute atomic E-state index is 4.50. The summed E-state index contributed by atoms with van der Waals surface area (Å²) in [6.45, 7) is 16.0. The molecule has 0 spiro atoms. The van der Waals surface area contributed by atoms with Crippen LogP contribution >= 0.6 is 0 Å². The molecule has 2 aromatic carbocycles. The fraction of sp³-hybridized carbons (Fsp3) is 0.462. The van der Waals surface area contributed by atoms with E-state index in [-0.39, 0.29) is 11.0 Å². The van der Waals surface area contributed by atoms with Crippen LogP contribution in [0.2, 0.25) is 0 Å². The summed E-state index contributed by atoms with van der Waals surface area (Å²) in [4.78, 5) is 0. The number of nitrogens with one attached hydrogen (secondary N) is 1. The maximum Gasteiger partial charge on any atom is 0.0401 e. The lowest BCUT2D eigenvalue weighted by Crippen LogP contribution is -2.36. The van der Waals surface area contributed by atoms with Crippen LogP contribution in [-0.2, 0) is 11.0 Å². The van der Waals surface area contributed by atoms with E-state index in [1.165, 1.54) is 51.1 Å². The van der Waals surface area contributed by atoms with Gasteiger partial charge in [-0.15, -0.1) is 0 Å². The minimum atomic E-state index is 0.00622. The first-order chi connectivity index (χ1) is 12.8. The number of rotatable bonds is 6. The summed E-state index contributed by atoms with van der Waals surface area (Å²) in [6.07, 6.45) is 7.02. The lowest BCUT2D eigenvalue weighted by atomic mass is 9.79.